The van der Waals surface area contributed by atoms with Crippen molar-refractivity contribution in [3.8, 4) is 0 Å². The minimum absolute atomic E-state index is 0.00355. The standard InChI is InChI=1S/C22H23FN4O2S/c1-2-27-19-6-4-3-5-18(19)24-21(22(27)29)30-15-20(28)26-13-11-25(12-14-26)17-9-7-16(23)8-10-17/h3-10H,2,11-15H2,1H3. The van der Waals surface area contributed by atoms with Crippen LogP contribution in [0.2, 0.25) is 0 Å². The molecule has 4 rings (SSSR count). The van der Waals surface area contributed by atoms with E-state index < -0.39 is 0 Å². The predicted octanol–water partition coefficient (Wildman–Crippen LogP) is 3.00. The normalized spacial score (nSPS) is 14.3. The first-order chi connectivity index (χ1) is 14.6. The molecule has 1 saturated heterocycles. The van der Waals surface area contributed by atoms with Crippen molar-refractivity contribution in [1.82, 2.24) is 14.5 Å². The third kappa shape index (κ3) is 4.18. The van der Waals surface area contributed by atoms with Gasteiger partial charge in [0.2, 0.25) is 5.91 Å². The van der Waals surface area contributed by atoms with Crippen LogP contribution in [0.15, 0.2) is 58.4 Å². The molecule has 2 heterocycles. The Labute approximate surface area is 178 Å². The Morgan fingerprint density at radius 3 is 2.47 bits per heavy atom. The number of fused-ring (bicyclic) bond motifs is 1. The van der Waals surface area contributed by atoms with Gasteiger partial charge in [0.15, 0.2) is 5.03 Å². The van der Waals surface area contributed by atoms with Gasteiger partial charge < -0.3 is 14.4 Å². The highest BCUT2D eigenvalue weighted by molar-refractivity contribution is 7.99. The van der Waals surface area contributed by atoms with Crippen LogP contribution in [0.25, 0.3) is 11.0 Å². The van der Waals surface area contributed by atoms with Gasteiger partial charge in [0, 0.05) is 38.4 Å². The summed E-state index contributed by atoms with van der Waals surface area (Å²) < 4.78 is 14.8. The summed E-state index contributed by atoms with van der Waals surface area (Å²) in [5.74, 6) is -0.0777. The fourth-order valence-corrected chi connectivity index (χ4v) is 4.50. The van der Waals surface area contributed by atoms with Gasteiger partial charge in [0.05, 0.1) is 16.8 Å². The van der Waals surface area contributed by atoms with Crippen LogP contribution >= 0.6 is 11.8 Å². The number of aromatic nitrogens is 2. The van der Waals surface area contributed by atoms with Crippen molar-refractivity contribution in [2.75, 3.05) is 36.8 Å². The lowest BCUT2D eigenvalue weighted by molar-refractivity contribution is -0.128. The quantitative estimate of drug-likeness (QED) is 0.587. The molecular formula is C22H23FN4O2S. The Morgan fingerprint density at radius 2 is 1.77 bits per heavy atom. The van der Waals surface area contributed by atoms with E-state index in [1.165, 1.54) is 23.9 Å². The summed E-state index contributed by atoms with van der Waals surface area (Å²) in [6.07, 6.45) is 0. The van der Waals surface area contributed by atoms with Crippen LogP contribution < -0.4 is 10.5 Å². The second kappa shape index (κ2) is 8.87. The molecule has 30 heavy (non-hydrogen) atoms. The monoisotopic (exact) mass is 426 g/mol. The van der Waals surface area contributed by atoms with E-state index in [2.05, 4.69) is 9.88 Å². The number of para-hydroxylation sites is 2. The largest absolute Gasteiger partial charge is 0.368 e. The lowest BCUT2D eigenvalue weighted by Gasteiger charge is -2.36. The van der Waals surface area contributed by atoms with Crippen molar-refractivity contribution >= 4 is 34.4 Å². The van der Waals surface area contributed by atoms with Crippen molar-refractivity contribution in [2.45, 2.75) is 18.5 Å². The van der Waals surface area contributed by atoms with Gasteiger partial charge in [0.1, 0.15) is 5.82 Å². The minimum atomic E-state index is -0.256. The second-order valence-corrected chi connectivity index (χ2v) is 8.05. The Kier molecular flexibility index (Phi) is 6.03. The summed E-state index contributed by atoms with van der Waals surface area (Å²) in [6.45, 7) is 5.06. The van der Waals surface area contributed by atoms with Crippen molar-refractivity contribution < 1.29 is 9.18 Å². The number of amides is 1. The van der Waals surface area contributed by atoms with E-state index in [1.54, 1.807) is 16.7 Å². The van der Waals surface area contributed by atoms with Crippen LogP contribution in [0, 0.1) is 5.82 Å². The molecule has 1 fully saturated rings. The van der Waals surface area contributed by atoms with Crippen molar-refractivity contribution in [3.63, 3.8) is 0 Å². The zero-order valence-electron chi connectivity index (χ0n) is 16.8. The molecule has 2 aromatic carbocycles. The molecule has 0 aliphatic carbocycles. The maximum Gasteiger partial charge on any atom is 0.283 e. The van der Waals surface area contributed by atoms with Crippen LogP contribution in [-0.4, -0.2) is 52.3 Å². The number of anilines is 1. The first kappa shape index (κ1) is 20.4. The lowest BCUT2D eigenvalue weighted by atomic mass is 10.2. The Hall–Kier alpha value is -2.87. The number of hydrogen-bond donors (Lipinski definition) is 0. The highest BCUT2D eigenvalue weighted by atomic mass is 32.2. The zero-order valence-corrected chi connectivity index (χ0v) is 17.6. The smallest absolute Gasteiger partial charge is 0.283 e. The number of carbonyl (C=O) groups is 1. The summed E-state index contributed by atoms with van der Waals surface area (Å²) in [6, 6.07) is 13.9. The van der Waals surface area contributed by atoms with Crippen LogP contribution in [0.1, 0.15) is 6.92 Å². The Morgan fingerprint density at radius 1 is 1.07 bits per heavy atom. The van der Waals surface area contributed by atoms with Gasteiger partial charge in [-0.3, -0.25) is 9.59 Å². The molecule has 0 saturated carbocycles. The van der Waals surface area contributed by atoms with Crippen LogP contribution in [-0.2, 0) is 11.3 Å². The molecule has 0 atom stereocenters. The lowest BCUT2D eigenvalue weighted by Crippen LogP contribution is -2.49. The van der Waals surface area contributed by atoms with Gasteiger partial charge in [-0.1, -0.05) is 23.9 Å². The Balaban J connectivity index is 1.39. The molecule has 3 aromatic rings. The van der Waals surface area contributed by atoms with Gasteiger partial charge in [-0.15, -0.1) is 0 Å². The number of nitrogens with zero attached hydrogens (tertiary/aromatic N) is 4. The van der Waals surface area contributed by atoms with E-state index in [0.29, 0.717) is 37.7 Å². The number of thioether (sulfide) groups is 1. The maximum atomic E-state index is 13.1. The van der Waals surface area contributed by atoms with E-state index in [9.17, 15) is 14.0 Å². The highest BCUT2D eigenvalue weighted by Crippen LogP contribution is 2.19. The van der Waals surface area contributed by atoms with Gasteiger partial charge in [0.25, 0.3) is 5.56 Å². The minimum Gasteiger partial charge on any atom is -0.368 e. The molecule has 1 aliphatic rings. The highest BCUT2D eigenvalue weighted by Gasteiger charge is 2.22. The molecule has 6 nitrogen and oxygen atoms in total. The molecule has 1 aliphatic heterocycles. The summed E-state index contributed by atoms with van der Waals surface area (Å²) in [4.78, 5) is 33.9. The molecule has 156 valence electrons. The number of carbonyl (C=O) groups excluding carboxylic acids is 1. The Bertz CT molecular complexity index is 1110. The molecule has 0 spiro atoms. The van der Waals surface area contributed by atoms with E-state index in [0.717, 1.165) is 16.7 Å². The molecule has 1 amide bonds. The van der Waals surface area contributed by atoms with Gasteiger partial charge in [-0.25, -0.2) is 9.37 Å². The topological polar surface area (TPSA) is 58.4 Å². The van der Waals surface area contributed by atoms with Gasteiger partial charge in [-0.2, -0.15) is 0 Å². The molecule has 0 N–H and O–H groups in total. The van der Waals surface area contributed by atoms with Gasteiger partial charge in [-0.05, 0) is 43.3 Å². The van der Waals surface area contributed by atoms with Crippen LogP contribution in [0.4, 0.5) is 10.1 Å². The third-order valence-electron chi connectivity index (χ3n) is 5.30. The average Bonchev–Trinajstić information content (AvgIpc) is 2.78. The predicted molar refractivity (Wildman–Crippen MR) is 118 cm³/mol. The van der Waals surface area contributed by atoms with Crippen molar-refractivity contribution in [3.05, 3.63) is 64.7 Å². The van der Waals surface area contributed by atoms with Gasteiger partial charge >= 0.3 is 0 Å². The fraction of sp³-hybridized carbons (Fsp3) is 0.318. The van der Waals surface area contributed by atoms with E-state index in [1.807, 2.05) is 36.1 Å². The molecule has 0 unspecified atom stereocenters. The summed E-state index contributed by atoms with van der Waals surface area (Å²) in [5, 5.41) is 0.355. The molecular weight excluding hydrogens is 403 g/mol. The number of hydrogen-bond acceptors (Lipinski definition) is 5. The van der Waals surface area contributed by atoms with Crippen molar-refractivity contribution in [2.24, 2.45) is 0 Å². The maximum absolute atomic E-state index is 13.1. The van der Waals surface area contributed by atoms with Crippen LogP contribution in [0.3, 0.4) is 0 Å². The van der Waals surface area contributed by atoms with Crippen LogP contribution in [0.5, 0.6) is 0 Å². The number of halogens is 1. The molecule has 1 aromatic heterocycles. The number of piperazine rings is 1. The van der Waals surface area contributed by atoms with E-state index >= 15 is 0 Å². The van der Waals surface area contributed by atoms with Crippen molar-refractivity contribution in [1.29, 1.82) is 0 Å². The molecule has 8 heteroatoms. The summed E-state index contributed by atoms with van der Waals surface area (Å²) in [5.41, 5.74) is 2.35. The summed E-state index contributed by atoms with van der Waals surface area (Å²) in [7, 11) is 0. The first-order valence-corrected chi connectivity index (χ1v) is 11.0. The number of benzene rings is 2. The van der Waals surface area contributed by atoms with E-state index in [-0.39, 0.29) is 23.0 Å². The average molecular weight is 427 g/mol. The van der Waals surface area contributed by atoms with E-state index in [4.69, 9.17) is 0 Å². The summed E-state index contributed by atoms with van der Waals surface area (Å²) >= 11 is 1.20. The number of rotatable bonds is 5. The fourth-order valence-electron chi connectivity index (χ4n) is 3.66. The second-order valence-electron chi connectivity index (χ2n) is 7.09. The first-order valence-electron chi connectivity index (χ1n) is 9.97. The number of aryl methyl sites for hydroxylation is 1. The molecule has 0 bridgehead atoms. The SMILES string of the molecule is CCn1c(=O)c(SCC(=O)N2CCN(c3ccc(F)cc3)CC2)nc2ccccc21. The molecule has 0 radical (unpaired) electrons. The zero-order chi connectivity index (χ0) is 21.1. The third-order valence-corrected chi connectivity index (χ3v) is 6.23.